The van der Waals surface area contributed by atoms with Crippen molar-refractivity contribution >= 4 is 35.0 Å². The SMILES string of the molecule is C[C@@](O)(C(=O)Nc1ccc(Sc2cccc(C(F)(F)F)c2)cc1Cl)C(F)(F)F. The standard InChI is InChI=1S/C17H12ClF6NO2S/c1-15(27,17(22,23)24)14(26)25-13-6-5-11(8-12(13)18)28-10-4-2-3-9(7-10)16(19,20)21/h2-8,27H,1H3,(H,25,26)/t15-/m1/s1. The Labute approximate surface area is 164 Å². The van der Waals surface area contributed by atoms with Crippen molar-refractivity contribution in [3.63, 3.8) is 0 Å². The van der Waals surface area contributed by atoms with Crippen molar-refractivity contribution in [3.05, 3.63) is 53.1 Å². The van der Waals surface area contributed by atoms with E-state index in [1.54, 1.807) is 0 Å². The lowest BCUT2D eigenvalue weighted by atomic mass is 10.1. The van der Waals surface area contributed by atoms with Gasteiger partial charge >= 0.3 is 12.4 Å². The summed E-state index contributed by atoms with van der Waals surface area (Å²) in [5.41, 5.74) is -4.65. The highest BCUT2D eigenvalue weighted by Gasteiger charge is 2.55. The maximum atomic E-state index is 12.8. The molecular weight excluding hydrogens is 432 g/mol. The van der Waals surface area contributed by atoms with Crippen molar-refractivity contribution in [1.29, 1.82) is 0 Å². The lowest BCUT2D eigenvalue weighted by Gasteiger charge is -2.25. The van der Waals surface area contributed by atoms with Gasteiger partial charge in [0.25, 0.3) is 5.91 Å². The van der Waals surface area contributed by atoms with Gasteiger partial charge in [0.2, 0.25) is 5.60 Å². The fraction of sp³-hybridized carbons (Fsp3) is 0.235. The second-order valence-electron chi connectivity index (χ2n) is 5.79. The molecule has 0 bridgehead atoms. The number of hydrogen-bond acceptors (Lipinski definition) is 3. The summed E-state index contributed by atoms with van der Waals surface area (Å²) in [6.45, 7) is 0.300. The minimum Gasteiger partial charge on any atom is -0.373 e. The molecule has 2 aromatic carbocycles. The third kappa shape index (κ3) is 5.12. The Bertz CT molecular complexity index is 883. The maximum absolute atomic E-state index is 12.8. The quantitative estimate of drug-likeness (QED) is 0.590. The highest BCUT2D eigenvalue weighted by molar-refractivity contribution is 7.99. The van der Waals surface area contributed by atoms with Gasteiger partial charge in [0.1, 0.15) is 0 Å². The molecule has 0 fully saturated rings. The molecule has 0 heterocycles. The molecule has 0 saturated carbocycles. The number of rotatable bonds is 4. The Morgan fingerprint density at radius 2 is 1.64 bits per heavy atom. The Hall–Kier alpha value is -1.91. The van der Waals surface area contributed by atoms with Crippen molar-refractivity contribution in [3.8, 4) is 0 Å². The Balaban J connectivity index is 2.18. The van der Waals surface area contributed by atoms with E-state index >= 15 is 0 Å². The number of anilines is 1. The van der Waals surface area contributed by atoms with E-state index < -0.39 is 29.4 Å². The fourth-order valence-corrected chi connectivity index (χ4v) is 3.12. The van der Waals surface area contributed by atoms with Gasteiger partial charge in [-0.25, -0.2) is 0 Å². The van der Waals surface area contributed by atoms with E-state index in [9.17, 15) is 36.2 Å². The number of hydrogen-bond donors (Lipinski definition) is 2. The molecule has 3 nitrogen and oxygen atoms in total. The molecule has 152 valence electrons. The molecular formula is C17H12ClF6NO2S. The van der Waals surface area contributed by atoms with E-state index in [1.807, 2.05) is 5.32 Å². The molecule has 2 aromatic rings. The topological polar surface area (TPSA) is 49.3 Å². The number of alkyl halides is 6. The number of benzene rings is 2. The monoisotopic (exact) mass is 443 g/mol. The minimum atomic E-state index is -5.19. The van der Waals surface area contributed by atoms with Crippen LogP contribution in [0.4, 0.5) is 32.0 Å². The van der Waals surface area contributed by atoms with Crippen LogP contribution < -0.4 is 5.32 Å². The van der Waals surface area contributed by atoms with Gasteiger partial charge in [0.05, 0.1) is 16.3 Å². The molecule has 28 heavy (non-hydrogen) atoms. The number of halogens is 7. The van der Waals surface area contributed by atoms with Gasteiger partial charge in [-0.05, 0) is 43.3 Å². The van der Waals surface area contributed by atoms with Gasteiger partial charge in [0.15, 0.2) is 0 Å². The predicted molar refractivity (Wildman–Crippen MR) is 92.3 cm³/mol. The van der Waals surface area contributed by atoms with Crippen LogP contribution in [0.25, 0.3) is 0 Å². The summed E-state index contributed by atoms with van der Waals surface area (Å²) in [5, 5.41) is 11.1. The molecule has 2 N–H and O–H groups in total. The van der Waals surface area contributed by atoms with Crippen LogP contribution in [0.1, 0.15) is 12.5 Å². The summed E-state index contributed by atoms with van der Waals surface area (Å²) in [4.78, 5) is 12.3. The molecule has 1 amide bonds. The van der Waals surface area contributed by atoms with E-state index in [0.29, 0.717) is 11.8 Å². The second-order valence-corrected chi connectivity index (χ2v) is 7.35. The van der Waals surface area contributed by atoms with E-state index in [2.05, 4.69) is 0 Å². The van der Waals surface area contributed by atoms with Crippen molar-refractivity contribution in [1.82, 2.24) is 0 Å². The number of nitrogens with one attached hydrogen (secondary N) is 1. The van der Waals surface area contributed by atoms with Crippen LogP contribution in [-0.4, -0.2) is 22.8 Å². The lowest BCUT2D eigenvalue weighted by Crippen LogP contribution is -2.52. The fourth-order valence-electron chi connectivity index (χ4n) is 1.91. The molecule has 11 heteroatoms. The first kappa shape index (κ1) is 22.4. The van der Waals surface area contributed by atoms with Gasteiger partial charge in [0, 0.05) is 9.79 Å². The van der Waals surface area contributed by atoms with Gasteiger partial charge < -0.3 is 10.4 Å². The number of carbonyl (C=O) groups is 1. The van der Waals surface area contributed by atoms with Crippen molar-refractivity contribution < 1.29 is 36.2 Å². The van der Waals surface area contributed by atoms with E-state index in [1.165, 1.54) is 30.3 Å². The van der Waals surface area contributed by atoms with Crippen LogP contribution in [0.5, 0.6) is 0 Å². The zero-order chi connectivity index (χ0) is 21.3. The maximum Gasteiger partial charge on any atom is 0.426 e. The first-order chi connectivity index (χ1) is 12.7. The van der Waals surface area contributed by atoms with E-state index in [0.717, 1.165) is 23.9 Å². The Morgan fingerprint density at radius 3 is 2.18 bits per heavy atom. The molecule has 0 spiro atoms. The Morgan fingerprint density at radius 1 is 1.04 bits per heavy atom. The lowest BCUT2D eigenvalue weighted by molar-refractivity contribution is -0.242. The number of aliphatic hydroxyl groups is 1. The average Bonchev–Trinajstić information content (AvgIpc) is 2.55. The molecule has 0 saturated heterocycles. The summed E-state index contributed by atoms with van der Waals surface area (Å²) < 4.78 is 76.3. The van der Waals surface area contributed by atoms with Crippen molar-refractivity contribution in [2.45, 2.75) is 34.7 Å². The molecule has 0 aliphatic heterocycles. The highest BCUT2D eigenvalue weighted by atomic mass is 35.5. The smallest absolute Gasteiger partial charge is 0.373 e. The van der Waals surface area contributed by atoms with Gasteiger partial charge in [-0.3, -0.25) is 4.79 Å². The summed E-state index contributed by atoms with van der Waals surface area (Å²) in [5.74, 6) is -1.72. The number of carbonyl (C=O) groups excluding carboxylic acids is 1. The van der Waals surface area contributed by atoms with Crippen LogP contribution in [0.15, 0.2) is 52.3 Å². The zero-order valence-electron chi connectivity index (χ0n) is 14.0. The second kappa shape index (κ2) is 7.84. The Kier molecular flexibility index (Phi) is 6.27. The van der Waals surface area contributed by atoms with Crippen LogP contribution in [0.2, 0.25) is 5.02 Å². The molecule has 2 rings (SSSR count). The molecule has 0 unspecified atom stereocenters. The summed E-state index contributed by atoms with van der Waals surface area (Å²) >= 11 is 6.88. The largest absolute Gasteiger partial charge is 0.426 e. The summed E-state index contributed by atoms with van der Waals surface area (Å²) in [6, 6.07) is 8.35. The van der Waals surface area contributed by atoms with Gasteiger partial charge in [-0.15, -0.1) is 0 Å². The van der Waals surface area contributed by atoms with Crippen LogP contribution in [-0.2, 0) is 11.0 Å². The third-order valence-corrected chi connectivity index (χ3v) is 4.87. The van der Waals surface area contributed by atoms with Gasteiger partial charge in [-0.2, -0.15) is 26.3 Å². The summed E-state index contributed by atoms with van der Waals surface area (Å²) in [7, 11) is 0. The zero-order valence-corrected chi connectivity index (χ0v) is 15.5. The predicted octanol–water partition coefficient (Wildman–Crippen LogP) is 5.76. The average molecular weight is 444 g/mol. The van der Waals surface area contributed by atoms with E-state index in [-0.39, 0.29) is 15.6 Å². The van der Waals surface area contributed by atoms with Crippen LogP contribution in [0.3, 0.4) is 0 Å². The molecule has 1 atom stereocenters. The first-order valence-corrected chi connectivity index (χ1v) is 8.66. The van der Waals surface area contributed by atoms with Crippen LogP contribution in [0, 0.1) is 0 Å². The van der Waals surface area contributed by atoms with Gasteiger partial charge in [-0.1, -0.05) is 29.4 Å². The van der Waals surface area contributed by atoms with Crippen molar-refractivity contribution in [2.24, 2.45) is 0 Å². The van der Waals surface area contributed by atoms with Crippen molar-refractivity contribution in [2.75, 3.05) is 5.32 Å². The molecule has 0 aromatic heterocycles. The molecule has 0 aliphatic rings. The molecule has 0 aliphatic carbocycles. The van der Waals surface area contributed by atoms with E-state index in [4.69, 9.17) is 11.6 Å². The normalized spacial score (nSPS) is 14.5. The summed E-state index contributed by atoms with van der Waals surface area (Å²) in [6.07, 6.45) is -9.69. The highest BCUT2D eigenvalue weighted by Crippen LogP contribution is 2.37. The number of amides is 1. The minimum absolute atomic E-state index is 0.150. The first-order valence-electron chi connectivity index (χ1n) is 7.47. The molecule has 0 radical (unpaired) electrons. The van der Waals surface area contributed by atoms with Crippen LogP contribution >= 0.6 is 23.4 Å². The third-order valence-electron chi connectivity index (χ3n) is 3.58.